The third-order valence-electron chi connectivity index (χ3n) is 4.46. The van der Waals surface area contributed by atoms with Crippen LogP contribution in [0.2, 0.25) is 0 Å². The number of carbonyl (C=O) groups is 2. The summed E-state index contributed by atoms with van der Waals surface area (Å²) in [6.45, 7) is 1.49. The predicted octanol–water partition coefficient (Wildman–Crippen LogP) is 2.76. The molecule has 1 aliphatic heterocycles. The van der Waals surface area contributed by atoms with E-state index in [2.05, 4.69) is 5.32 Å². The van der Waals surface area contributed by atoms with Gasteiger partial charge in [-0.25, -0.2) is 4.79 Å². The molecule has 0 aromatic heterocycles. The number of ether oxygens (including phenoxy) is 3. The van der Waals surface area contributed by atoms with Crippen molar-refractivity contribution in [1.82, 2.24) is 5.32 Å². The molecule has 6 heteroatoms. The number of rotatable bonds is 9. The van der Waals surface area contributed by atoms with E-state index in [9.17, 15) is 9.59 Å². The Balaban J connectivity index is 1.35. The van der Waals surface area contributed by atoms with Gasteiger partial charge in [0.25, 0.3) is 5.91 Å². The standard InChI is InChI=1S/C22H25NO5/c24-21(23-13-12-17-5-2-1-3-6-17)16-28-22(25)18-8-10-19(11-9-18)27-15-20-7-4-14-26-20/h1-3,5-6,8-11,20H,4,7,12-16H2,(H,23,24)/t20-/m1/s1. The zero-order valence-corrected chi connectivity index (χ0v) is 15.8. The molecule has 1 amide bonds. The average molecular weight is 383 g/mol. The van der Waals surface area contributed by atoms with Crippen LogP contribution in [0.5, 0.6) is 5.75 Å². The summed E-state index contributed by atoms with van der Waals surface area (Å²) in [5, 5.41) is 2.74. The van der Waals surface area contributed by atoms with E-state index in [4.69, 9.17) is 14.2 Å². The van der Waals surface area contributed by atoms with Crippen LogP contribution in [0.3, 0.4) is 0 Å². The highest BCUT2D eigenvalue weighted by Gasteiger charge is 2.16. The van der Waals surface area contributed by atoms with E-state index in [-0.39, 0.29) is 18.6 Å². The van der Waals surface area contributed by atoms with Crippen LogP contribution >= 0.6 is 0 Å². The predicted molar refractivity (Wildman–Crippen MR) is 104 cm³/mol. The minimum absolute atomic E-state index is 0.144. The molecule has 3 rings (SSSR count). The highest BCUT2D eigenvalue weighted by atomic mass is 16.5. The Hall–Kier alpha value is -2.86. The van der Waals surface area contributed by atoms with Crippen molar-refractivity contribution >= 4 is 11.9 Å². The van der Waals surface area contributed by atoms with Crippen molar-refractivity contribution in [3.05, 3.63) is 65.7 Å². The molecule has 2 aromatic rings. The van der Waals surface area contributed by atoms with Crippen LogP contribution < -0.4 is 10.1 Å². The lowest BCUT2D eigenvalue weighted by atomic mass is 10.1. The van der Waals surface area contributed by atoms with E-state index in [1.54, 1.807) is 24.3 Å². The van der Waals surface area contributed by atoms with Gasteiger partial charge in [0.15, 0.2) is 6.61 Å². The smallest absolute Gasteiger partial charge is 0.338 e. The van der Waals surface area contributed by atoms with Gasteiger partial charge in [0.05, 0.1) is 11.7 Å². The van der Waals surface area contributed by atoms with Gasteiger partial charge >= 0.3 is 5.97 Å². The van der Waals surface area contributed by atoms with Gasteiger partial charge in [0.2, 0.25) is 0 Å². The summed E-state index contributed by atoms with van der Waals surface area (Å²) in [4.78, 5) is 23.9. The first-order valence-electron chi connectivity index (χ1n) is 9.53. The van der Waals surface area contributed by atoms with Gasteiger partial charge in [0.1, 0.15) is 12.4 Å². The van der Waals surface area contributed by atoms with Crippen LogP contribution in [0.25, 0.3) is 0 Å². The maximum atomic E-state index is 12.1. The molecule has 0 unspecified atom stereocenters. The Morgan fingerprint density at radius 3 is 2.57 bits per heavy atom. The van der Waals surface area contributed by atoms with Crippen molar-refractivity contribution in [2.75, 3.05) is 26.4 Å². The molecule has 1 heterocycles. The fourth-order valence-corrected chi connectivity index (χ4v) is 2.91. The maximum Gasteiger partial charge on any atom is 0.338 e. The van der Waals surface area contributed by atoms with Crippen molar-refractivity contribution in [3.8, 4) is 5.75 Å². The Morgan fingerprint density at radius 2 is 1.86 bits per heavy atom. The lowest BCUT2D eigenvalue weighted by molar-refractivity contribution is -0.124. The van der Waals surface area contributed by atoms with E-state index in [1.165, 1.54) is 0 Å². The number of benzene rings is 2. The number of esters is 1. The summed E-state index contributed by atoms with van der Waals surface area (Å²) in [6, 6.07) is 16.5. The zero-order chi connectivity index (χ0) is 19.6. The van der Waals surface area contributed by atoms with E-state index in [0.29, 0.717) is 24.5 Å². The normalized spacial score (nSPS) is 15.8. The van der Waals surface area contributed by atoms with Crippen LogP contribution in [-0.2, 0) is 20.7 Å². The van der Waals surface area contributed by atoms with Crippen molar-refractivity contribution < 1.29 is 23.8 Å². The van der Waals surface area contributed by atoms with Gasteiger partial charge in [-0.3, -0.25) is 4.79 Å². The average Bonchev–Trinajstić information content (AvgIpc) is 3.25. The molecular formula is C22H25NO5. The van der Waals surface area contributed by atoms with Crippen LogP contribution in [-0.4, -0.2) is 44.3 Å². The van der Waals surface area contributed by atoms with Crippen molar-refractivity contribution in [3.63, 3.8) is 0 Å². The minimum Gasteiger partial charge on any atom is -0.491 e. The summed E-state index contributed by atoms with van der Waals surface area (Å²) in [5.41, 5.74) is 1.52. The van der Waals surface area contributed by atoms with Gasteiger partial charge in [-0.1, -0.05) is 30.3 Å². The molecule has 2 aromatic carbocycles. The van der Waals surface area contributed by atoms with Crippen molar-refractivity contribution in [1.29, 1.82) is 0 Å². The molecule has 1 saturated heterocycles. The molecule has 1 atom stereocenters. The summed E-state index contributed by atoms with van der Waals surface area (Å²) < 4.78 is 16.2. The second-order valence-corrected chi connectivity index (χ2v) is 6.63. The maximum absolute atomic E-state index is 12.1. The quantitative estimate of drug-likeness (QED) is 0.674. The molecule has 1 aliphatic rings. The highest BCUT2D eigenvalue weighted by Crippen LogP contribution is 2.17. The van der Waals surface area contributed by atoms with Gasteiger partial charge in [-0.05, 0) is 49.1 Å². The molecule has 1 fully saturated rings. The van der Waals surface area contributed by atoms with E-state index in [1.807, 2.05) is 30.3 Å². The van der Waals surface area contributed by atoms with Gasteiger partial charge < -0.3 is 19.5 Å². The minimum atomic E-state index is -0.538. The molecule has 0 radical (unpaired) electrons. The number of hydrogen-bond donors (Lipinski definition) is 1. The second-order valence-electron chi connectivity index (χ2n) is 6.63. The zero-order valence-electron chi connectivity index (χ0n) is 15.8. The van der Waals surface area contributed by atoms with Crippen molar-refractivity contribution in [2.45, 2.75) is 25.4 Å². The van der Waals surface area contributed by atoms with E-state index in [0.717, 1.165) is 31.4 Å². The Labute approximate surface area is 164 Å². The summed E-state index contributed by atoms with van der Waals surface area (Å²) in [5.74, 6) is -0.185. The van der Waals surface area contributed by atoms with Crippen molar-refractivity contribution in [2.24, 2.45) is 0 Å². The first kappa shape index (κ1) is 19.9. The number of nitrogens with one attached hydrogen (secondary N) is 1. The summed E-state index contributed by atoms with van der Waals surface area (Å²) >= 11 is 0. The molecule has 1 N–H and O–H groups in total. The lowest BCUT2D eigenvalue weighted by Crippen LogP contribution is -2.30. The third-order valence-corrected chi connectivity index (χ3v) is 4.46. The highest BCUT2D eigenvalue weighted by molar-refractivity contribution is 5.91. The topological polar surface area (TPSA) is 73.9 Å². The number of carbonyl (C=O) groups excluding carboxylic acids is 2. The summed E-state index contributed by atoms with van der Waals surface area (Å²) in [6.07, 6.45) is 2.95. The molecule has 0 bridgehead atoms. The van der Waals surface area contributed by atoms with Gasteiger partial charge in [-0.2, -0.15) is 0 Å². The molecule has 0 spiro atoms. The van der Waals surface area contributed by atoms with Gasteiger partial charge in [-0.15, -0.1) is 0 Å². The molecule has 28 heavy (non-hydrogen) atoms. The van der Waals surface area contributed by atoms with Gasteiger partial charge in [0, 0.05) is 13.2 Å². The third kappa shape index (κ3) is 6.39. The first-order chi connectivity index (χ1) is 13.7. The molecule has 0 saturated carbocycles. The largest absolute Gasteiger partial charge is 0.491 e. The lowest BCUT2D eigenvalue weighted by Gasteiger charge is -2.11. The van der Waals surface area contributed by atoms with E-state index < -0.39 is 5.97 Å². The fraction of sp³-hybridized carbons (Fsp3) is 0.364. The van der Waals surface area contributed by atoms with Crippen LogP contribution in [0, 0.1) is 0 Å². The van der Waals surface area contributed by atoms with Crippen LogP contribution in [0.15, 0.2) is 54.6 Å². The van der Waals surface area contributed by atoms with Crippen LogP contribution in [0.1, 0.15) is 28.8 Å². The Bertz CT molecular complexity index is 754. The first-order valence-corrected chi connectivity index (χ1v) is 9.53. The SMILES string of the molecule is O=C(COC(=O)c1ccc(OC[C@H]2CCCO2)cc1)NCCc1ccccc1. The Morgan fingerprint density at radius 1 is 1.07 bits per heavy atom. The number of amides is 1. The number of hydrogen-bond acceptors (Lipinski definition) is 5. The molecular weight excluding hydrogens is 358 g/mol. The monoisotopic (exact) mass is 383 g/mol. The fourth-order valence-electron chi connectivity index (χ4n) is 2.91. The summed E-state index contributed by atoms with van der Waals surface area (Å²) in [7, 11) is 0. The molecule has 148 valence electrons. The van der Waals surface area contributed by atoms with Crippen LogP contribution in [0.4, 0.5) is 0 Å². The van der Waals surface area contributed by atoms with E-state index >= 15 is 0 Å². The Kier molecular flexibility index (Phi) is 7.44. The molecule has 0 aliphatic carbocycles. The second kappa shape index (κ2) is 10.5. The molecule has 6 nitrogen and oxygen atoms in total.